The van der Waals surface area contributed by atoms with Crippen LogP contribution in [0.3, 0.4) is 0 Å². The van der Waals surface area contributed by atoms with Crippen molar-refractivity contribution in [2.24, 2.45) is 0 Å². The van der Waals surface area contributed by atoms with Gasteiger partial charge in [0, 0.05) is 25.2 Å². The average molecular weight is 377 g/mol. The Morgan fingerprint density at radius 2 is 2.08 bits per heavy atom. The molecule has 1 aliphatic heterocycles. The lowest BCUT2D eigenvalue weighted by atomic mass is 10.0. The van der Waals surface area contributed by atoms with E-state index in [0.717, 1.165) is 32.5 Å². The molecule has 0 saturated carbocycles. The van der Waals surface area contributed by atoms with Crippen molar-refractivity contribution < 1.29 is 13.9 Å². The van der Waals surface area contributed by atoms with E-state index in [1.54, 1.807) is 0 Å². The lowest BCUT2D eigenvalue weighted by Crippen LogP contribution is -2.48. The highest BCUT2D eigenvalue weighted by molar-refractivity contribution is 6.30. The molecule has 1 fully saturated rings. The van der Waals surface area contributed by atoms with Gasteiger partial charge in [0.25, 0.3) is 5.91 Å². The maximum absolute atomic E-state index is 13.1. The third kappa shape index (κ3) is 5.44. The Morgan fingerprint density at radius 1 is 1.27 bits per heavy atom. The van der Waals surface area contributed by atoms with Crippen molar-refractivity contribution in [1.82, 2.24) is 10.2 Å². The first kappa shape index (κ1) is 18.7. The molecular formula is C20H22ClFN2O2. The first-order valence-corrected chi connectivity index (χ1v) is 9.11. The van der Waals surface area contributed by atoms with Crippen molar-refractivity contribution in [3.05, 3.63) is 64.9 Å². The van der Waals surface area contributed by atoms with E-state index >= 15 is 0 Å². The molecule has 138 valence electrons. The average Bonchev–Trinajstić information content (AvgIpc) is 2.64. The third-order valence-corrected chi connectivity index (χ3v) is 4.67. The van der Waals surface area contributed by atoms with Crippen LogP contribution in [0, 0.1) is 5.82 Å². The summed E-state index contributed by atoms with van der Waals surface area (Å²) in [5.74, 6) is -0.318. The van der Waals surface area contributed by atoms with E-state index in [4.69, 9.17) is 16.3 Å². The van der Waals surface area contributed by atoms with Gasteiger partial charge >= 0.3 is 0 Å². The van der Waals surface area contributed by atoms with Gasteiger partial charge in [-0.05, 0) is 37.1 Å². The Balaban J connectivity index is 1.45. The molecule has 2 aromatic rings. The second kappa shape index (κ2) is 9.01. The number of nitrogens with one attached hydrogen (secondary N) is 1. The minimum absolute atomic E-state index is 0.0215. The lowest BCUT2D eigenvalue weighted by Gasteiger charge is -2.33. The first-order chi connectivity index (χ1) is 12.6. The highest BCUT2D eigenvalue weighted by Gasteiger charge is 2.21. The minimum atomic E-state index is -0.510. The van der Waals surface area contributed by atoms with Crippen molar-refractivity contribution in [2.75, 3.05) is 19.7 Å². The van der Waals surface area contributed by atoms with Crippen LogP contribution in [-0.4, -0.2) is 36.5 Å². The van der Waals surface area contributed by atoms with Gasteiger partial charge in [-0.2, -0.15) is 0 Å². The number of hydrogen-bond acceptors (Lipinski definition) is 3. The third-order valence-electron chi connectivity index (χ3n) is 4.38. The summed E-state index contributed by atoms with van der Waals surface area (Å²) in [7, 11) is 0. The number of benzene rings is 2. The largest absolute Gasteiger partial charge is 0.484 e. The summed E-state index contributed by atoms with van der Waals surface area (Å²) in [5, 5.41) is 3.00. The Morgan fingerprint density at radius 3 is 2.85 bits per heavy atom. The molecule has 0 aliphatic carbocycles. The van der Waals surface area contributed by atoms with Gasteiger partial charge in [-0.15, -0.1) is 0 Å². The second-order valence-corrected chi connectivity index (χ2v) is 6.90. The Labute approximate surface area is 157 Å². The highest BCUT2D eigenvalue weighted by Crippen LogP contribution is 2.21. The minimum Gasteiger partial charge on any atom is -0.484 e. The van der Waals surface area contributed by atoms with E-state index in [-0.39, 0.29) is 23.6 Å². The van der Waals surface area contributed by atoms with Crippen LogP contribution in [0.1, 0.15) is 18.4 Å². The summed E-state index contributed by atoms with van der Waals surface area (Å²) in [6.07, 6.45) is 2.01. The lowest BCUT2D eigenvalue weighted by molar-refractivity contribution is -0.124. The molecule has 1 saturated heterocycles. The number of piperidine rings is 1. The van der Waals surface area contributed by atoms with E-state index in [9.17, 15) is 9.18 Å². The molecule has 0 aromatic heterocycles. The number of hydrogen-bond donors (Lipinski definition) is 1. The second-order valence-electron chi connectivity index (χ2n) is 6.49. The molecule has 1 amide bonds. The van der Waals surface area contributed by atoms with Gasteiger partial charge in [0.2, 0.25) is 0 Å². The van der Waals surface area contributed by atoms with Crippen LogP contribution in [0.5, 0.6) is 5.75 Å². The summed E-state index contributed by atoms with van der Waals surface area (Å²) in [6.45, 7) is 2.63. The molecule has 1 aliphatic rings. The van der Waals surface area contributed by atoms with Crippen LogP contribution in [0.4, 0.5) is 4.39 Å². The van der Waals surface area contributed by atoms with E-state index in [1.807, 2.05) is 18.2 Å². The molecule has 1 N–H and O–H groups in total. The number of nitrogens with zero attached hydrogens (tertiary/aromatic N) is 1. The van der Waals surface area contributed by atoms with Crippen molar-refractivity contribution in [3.8, 4) is 5.75 Å². The summed E-state index contributed by atoms with van der Waals surface area (Å²) in [6, 6.07) is 14.5. The zero-order valence-corrected chi connectivity index (χ0v) is 15.2. The fourth-order valence-electron chi connectivity index (χ4n) is 3.14. The normalized spacial score (nSPS) is 17.7. The highest BCUT2D eigenvalue weighted by atomic mass is 35.5. The van der Waals surface area contributed by atoms with Crippen molar-refractivity contribution >= 4 is 17.5 Å². The fraction of sp³-hybridized carbons (Fsp3) is 0.350. The van der Waals surface area contributed by atoms with E-state index in [0.29, 0.717) is 5.75 Å². The maximum atomic E-state index is 13.1. The van der Waals surface area contributed by atoms with E-state index < -0.39 is 5.82 Å². The molecule has 26 heavy (non-hydrogen) atoms. The number of carbonyl (C=O) groups is 1. The Bertz CT molecular complexity index is 742. The molecule has 1 heterocycles. The monoisotopic (exact) mass is 376 g/mol. The zero-order valence-electron chi connectivity index (χ0n) is 14.5. The number of likely N-dealkylation sites (tertiary alicyclic amines) is 1. The molecule has 3 rings (SSSR count). The fourth-order valence-corrected chi connectivity index (χ4v) is 3.31. The molecule has 1 atom stereocenters. The zero-order chi connectivity index (χ0) is 18.4. The van der Waals surface area contributed by atoms with Crippen LogP contribution in [0.2, 0.25) is 5.02 Å². The SMILES string of the molecule is O=C(COc1ccc(F)c(Cl)c1)N[C@@H]1CCCN(Cc2ccccc2)C1. The molecule has 0 bridgehead atoms. The molecule has 6 heteroatoms. The quantitative estimate of drug-likeness (QED) is 0.836. The van der Waals surface area contributed by atoms with Crippen LogP contribution in [0.25, 0.3) is 0 Å². The molecular weight excluding hydrogens is 355 g/mol. The predicted octanol–water partition coefficient (Wildman–Crippen LogP) is 3.64. The summed E-state index contributed by atoms with van der Waals surface area (Å²) in [4.78, 5) is 14.5. The van der Waals surface area contributed by atoms with Crippen LogP contribution in [0.15, 0.2) is 48.5 Å². The molecule has 0 radical (unpaired) electrons. The summed E-state index contributed by atoms with van der Waals surface area (Å²) < 4.78 is 18.5. The van der Waals surface area contributed by atoms with Crippen LogP contribution >= 0.6 is 11.6 Å². The smallest absolute Gasteiger partial charge is 0.258 e. The predicted molar refractivity (Wildman–Crippen MR) is 99.8 cm³/mol. The van der Waals surface area contributed by atoms with Gasteiger partial charge in [-0.1, -0.05) is 41.9 Å². The first-order valence-electron chi connectivity index (χ1n) is 8.73. The van der Waals surface area contributed by atoms with Gasteiger partial charge in [0.05, 0.1) is 5.02 Å². The standard InChI is InChI=1S/C20H22ClFN2O2/c21-18-11-17(8-9-19(18)22)26-14-20(25)23-16-7-4-10-24(13-16)12-15-5-2-1-3-6-15/h1-3,5-6,8-9,11,16H,4,7,10,12-14H2,(H,23,25)/t16-/m1/s1. The maximum Gasteiger partial charge on any atom is 0.258 e. The number of rotatable bonds is 6. The van der Waals surface area contributed by atoms with Gasteiger partial charge in [-0.25, -0.2) is 4.39 Å². The topological polar surface area (TPSA) is 41.6 Å². The van der Waals surface area contributed by atoms with Gasteiger partial charge in [0.1, 0.15) is 11.6 Å². The van der Waals surface area contributed by atoms with Crippen molar-refractivity contribution in [2.45, 2.75) is 25.4 Å². The number of halogens is 2. The summed E-state index contributed by atoms with van der Waals surface area (Å²) >= 11 is 5.71. The van der Waals surface area contributed by atoms with Gasteiger partial charge in [0.15, 0.2) is 6.61 Å². The van der Waals surface area contributed by atoms with Gasteiger partial charge in [-0.3, -0.25) is 9.69 Å². The molecule has 0 unspecified atom stereocenters. The van der Waals surface area contributed by atoms with Crippen LogP contribution in [-0.2, 0) is 11.3 Å². The van der Waals surface area contributed by atoms with Gasteiger partial charge < -0.3 is 10.1 Å². The molecule has 0 spiro atoms. The number of ether oxygens (including phenoxy) is 1. The molecule has 2 aromatic carbocycles. The van der Waals surface area contributed by atoms with Crippen molar-refractivity contribution in [3.63, 3.8) is 0 Å². The Kier molecular flexibility index (Phi) is 6.47. The Hall–Kier alpha value is -2.11. The molecule has 4 nitrogen and oxygen atoms in total. The van der Waals surface area contributed by atoms with E-state index in [2.05, 4.69) is 22.3 Å². The summed E-state index contributed by atoms with van der Waals surface area (Å²) in [5.41, 5.74) is 1.27. The van der Waals surface area contributed by atoms with Crippen LogP contribution < -0.4 is 10.1 Å². The number of carbonyl (C=O) groups excluding carboxylic acids is 1. The number of amides is 1. The van der Waals surface area contributed by atoms with E-state index in [1.165, 1.54) is 23.8 Å². The van der Waals surface area contributed by atoms with Crippen molar-refractivity contribution in [1.29, 1.82) is 0 Å².